The lowest BCUT2D eigenvalue weighted by molar-refractivity contribution is -0.126. The van der Waals surface area contributed by atoms with E-state index in [-0.39, 0.29) is 29.8 Å². The molecular weight excluding hydrogens is 503 g/mol. The molecule has 1 aliphatic carbocycles. The van der Waals surface area contributed by atoms with Gasteiger partial charge in [0, 0.05) is 30.4 Å². The van der Waals surface area contributed by atoms with Gasteiger partial charge in [-0.05, 0) is 88.0 Å². The lowest BCUT2D eigenvalue weighted by Gasteiger charge is -2.31. The van der Waals surface area contributed by atoms with Gasteiger partial charge in [-0.3, -0.25) is 9.69 Å². The quantitative estimate of drug-likeness (QED) is 0.353. The minimum absolute atomic E-state index is 0.0196. The molecule has 200 valence electrons. The number of nitrogens with one attached hydrogen (secondary N) is 3. The van der Waals surface area contributed by atoms with Crippen LogP contribution >= 0.6 is 11.6 Å². The van der Waals surface area contributed by atoms with E-state index in [1.807, 2.05) is 37.4 Å². The number of carbonyl (C=O) groups excluding carboxylic acids is 1. The van der Waals surface area contributed by atoms with Crippen LogP contribution in [-0.4, -0.2) is 52.5 Å². The number of anilines is 2. The van der Waals surface area contributed by atoms with Crippen molar-refractivity contribution in [1.82, 2.24) is 20.2 Å². The van der Waals surface area contributed by atoms with Gasteiger partial charge in [0.1, 0.15) is 17.5 Å². The van der Waals surface area contributed by atoms with E-state index < -0.39 is 0 Å². The highest BCUT2D eigenvalue weighted by Gasteiger charge is 2.30. The van der Waals surface area contributed by atoms with Crippen molar-refractivity contribution in [1.29, 1.82) is 0 Å². The monoisotopic (exact) mass is 536 g/mol. The Labute approximate surface area is 228 Å². The number of amides is 1. The maximum Gasteiger partial charge on any atom is 0.237 e. The van der Waals surface area contributed by atoms with Crippen molar-refractivity contribution in [3.05, 3.63) is 71.1 Å². The molecule has 1 atom stereocenters. The maximum absolute atomic E-state index is 13.5. The summed E-state index contributed by atoms with van der Waals surface area (Å²) in [6.45, 7) is 1.46. The summed E-state index contributed by atoms with van der Waals surface area (Å²) in [4.78, 5) is 24.0. The molecule has 5 rings (SSSR count). The summed E-state index contributed by atoms with van der Waals surface area (Å²) >= 11 is 6.51. The zero-order valence-electron chi connectivity index (χ0n) is 21.6. The fraction of sp³-hybridized carbons (Fsp3) is 0.414. The third-order valence-electron chi connectivity index (χ3n) is 7.49. The SMILES string of the molecule is CN1CCC[C@H]1C(=O)N[C@H]1CC[C@H](Nc2cc(-c3cccc(NCc4cccc(F)c4)n3)c(Cl)cn2)CC1. The van der Waals surface area contributed by atoms with Gasteiger partial charge in [0.25, 0.3) is 0 Å². The normalized spacial score (nSPS) is 21.7. The molecule has 0 unspecified atom stereocenters. The van der Waals surface area contributed by atoms with Gasteiger partial charge >= 0.3 is 0 Å². The highest BCUT2D eigenvalue weighted by atomic mass is 35.5. The van der Waals surface area contributed by atoms with Crippen molar-refractivity contribution in [3.63, 3.8) is 0 Å². The Hall–Kier alpha value is -3.23. The van der Waals surface area contributed by atoms with E-state index in [0.29, 0.717) is 17.4 Å². The third kappa shape index (κ3) is 6.60. The number of carbonyl (C=O) groups is 1. The van der Waals surface area contributed by atoms with E-state index >= 15 is 0 Å². The van der Waals surface area contributed by atoms with Crippen molar-refractivity contribution in [2.45, 2.75) is 63.2 Å². The van der Waals surface area contributed by atoms with Crippen LogP contribution in [0.15, 0.2) is 54.7 Å². The average Bonchev–Trinajstić information content (AvgIpc) is 3.36. The number of aromatic nitrogens is 2. The van der Waals surface area contributed by atoms with Crippen LogP contribution in [0.3, 0.4) is 0 Å². The highest BCUT2D eigenvalue weighted by molar-refractivity contribution is 6.33. The van der Waals surface area contributed by atoms with Gasteiger partial charge in [0.2, 0.25) is 5.91 Å². The van der Waals surface area contributed by atoms with Crippen LogP contribution < -0.4 is 16.0 Å². The summed E-state index contributed by atoms with van der Waals surface area (Å²) in [5.74, 6) is 1.35. The van der Waals surface area contributed by atoms with Crippen LogP contribution in [-0.2, 0) is 11.3 Å². The average molecular weight is 537 g/mol. The van der Waals surface area contributed by atoms with Crippen molar-refractivity contribution in [2.24, 2.45) is 0 Å². The van der Waals surface area contributed by atoms with Gasteiger partial charge in [0.15, 0.2) is 0 Å². The molecule has 1 aliphatic heterocycles. The predicted octanol–water partition coefficient (Wildman–Crippen LogP) is 5.48. The van der Waals surface area contributed by atoms with Gasteiger partial charge in [0.05, 0.1) is 16.8 Å². The summed E-state index contributed by atoms with van der Waals surface area (Å²) in [7, 11) is 2.03. The largest absolute Gasteiger partial charge is 0.367 e. The second-order valence-corrected chi connectivity index (χ2v) is 10.7. The zero-order valence-corrected chi connectivity index (χ0v) is 22.3. The topological polar surface area (TPSA) is 82.2 Å². The Balaban J connectivity index is 1.17. The lowest BCUT2D eigenvalue weighted by atomic mass is 9.91. The summed E-state index contributed by atoms with van der Waals surface area (Å²) in [5, 5.41) is 10.6. The molecule has 1 saturated carbocycles. The number of pyridine rings is 2. The van der Waals surface area contributed by atoms with Crippen LogP contribution in [0.5, 0.6) is 0 Å². The van der Waals surface area contributed by atoms with Crippen LogP contribution in [0.25, 0.3) is 11.3 Å². The molecule has 1 saturated heterocycles. The number of likely N-dealkylation sites (N-methyl/N-ethyl adjacent to an activating group) is 1. The standard InChI is InChI=1S/C29H34ClFN6O/c1-37-14-4-8-26(37)29(38)35-22-12-10-21(11-13-22)34-28-16-23(24(30)18-33-28)25-7-3-9-27(36-25)32-17-19-5-2-6-20(31)15-19/h2-3,5-7,9,15-16,18,21-22,26H,4,8,10-14,17H2,1H3,(H,32,36)(H,33,34)(H,35,38)/t21-,22-,26-/m0/s1. The molecule has 2 aromatic heterocycles. The van der Waals surface area contributed by atoms with E-state index in [2.05, 4.69) is 25.8 Å². The van der Waals surface area contributed by atoms with Crippen LogP contribution in [0.4, 0.5) is 16.0 Å². The summed E-state index contributed by atoms with van der Waals surface area (Å²) in [6, 6.07) is 14.7. The first-order valence-corrected chi connectivity index (χ1v) is 13.7. The fourth-order valence-corrected chi connectivity index (χ4v) is 5.57. The highest BCUT2D eigenvalue weighted by Crippen LogP contribution is 2.30. The van der Waals surface area contributed by atoms with Crippen molar-refractivity contribution < 1.29 is 9.18 Å². The Kier molecular flexibility index (Phi) is 8.39. The Morgan fingerprint density at radius 2 is 1.84 bits per heavy atom. The second kappa shape index (κ2) is 12.1. The van der Waals surface area contributed by atoms with Crippen molar-refractivity contribution >= 4 is 29.1 Å². The number of hydrogen-bond donors (Lipinski definition) is 3. The first-order chi connectivity index (χ1) is 18.4. The molecule has 2 aliphatic rings. The molecule has 3 aromatic rings. The first-order valence-electron chi connectivity index (χ1n) is 13.3. The molecule has 38 heavy (non-hydrogen) atoms. The molecule has 3 heterocycles. The van der Waals surface area contributed by atoms with E-state index in [9.17, 15) is 9.18 Å². The van der Waals surface area contributed by atoms with Gasteiger partial charge < -0.3 is 16.0 Å². The molecule has 1 amide bonds. The number of benzene rings is 1. The smallest absolute Gasteiger partial charge is 0.237 e. The maximum atomic E-state index is 13.5. The van der Waals surface area contributed by atoms with E-state index in [1.54, 1.807) is 12.3 Å². The van der Waals surface area contributed by atoms with Gasteiger partial charge in [-0.2, -0.15) is 0 Å². The molecule has 2 fully saturated rings. The van der Waals surface area contributed by atoms with E-state index in [1.165, 1.54) is 12.1 Å². The van der Waals surface area contributed by atoms with E-state index in [0.717, 1.165) is 67.7 Å². The zero-order chi connectivity index (χ0) is 26.5. The molecular formula is C29H34ClFN6O. The van der Waals surface area contributed by atoms with Gasteiger partial charge in [-0.25, -0.2) is 14.4 Å². The predicted molar refractivity (Wildman–Crippen MR) is 150 cm³/mol. The lowest BCUT2D eigenvalue weighted by Crippen LogP contribution is -2.47. The minimum Gasteiger partial charge on any atom is -0.367 e. The number of halogens is 2. The molecule has 1 aromatic carbocycles. The van der Waals surface area contributed by atoms with Crippen LogP contribution in [0.1, 0.15) is 44.1 Å². The second-order valence-electron chi connectivity index (χ2n) is 10.3. The fourth-order valence-electron chi connectivity index (χ4n) is 5.37. The molecule has 0 radical (unpaired) electrons. The minimum atomic E-state index is -0.259. The van der Waals surface area contributed by atoms with E-state index in [4.69, 9.17) is 16.6 Å². The number of likely N-dealkylation sites (tertiary alicyclic amines) is 1. The third-order valence-corrected chi connectivity index (χ3v) is 7.79. The Morgan fingerprint density at radius 3 is 2.61 bits per heavy atom. The summed E-state index contributed by atoms with van der Waals surface area (Å²) in [5.41, 5.74) is 2.36. The number of nitrogens with zero attached hydrogens (tertiary/aromatic N) is 3. The van der Waals surface area contributed by atoms with Crippen LogP contribution in [0.2, 0.25) is 5.02 Å². The van der Waals surface area contributed by atoms with Crippen molar-refractivity contribution in [2.75, 3.05) is 24.2 Å². The molecule has 3 N–H and O–H groups in total. The number of rotatable bonds is 8. The molecule has 0 spiro atoms. The molecule has 7 nitrogen and oxygen atoms in total. The Morgan fingerprint density at radius 1 is 1.05 bits per heavy atom. The van der Waals surface area contributed by atoms with Gasteiger partial charge in [-0.15, -0.1) is 0 Å². The molecule has 0 bridgehead atoms. The van der Waals surface area contributed by atoms with Crippen LogP contribution in [0, 0.1) is 5.82 Å². The molecule has 9 heteroatoms. The first kappa shape index (κ1) is 26.4. The van der Waals surface area contributed by atoms with Crippen molar-refractivity contribution in [3.8, 4) is 11.3 Å². The summed E-state index contributed by atoms with van der Waals surface area (Å²) < 4.78 is 13.5. The Bertz CT molecular complexity index is 1270. The van der Waals surface area contributed by atoms with Gasteiger partial charge in [-0.1, -0.05) is 29.8 Å². The number of hydrogen-bond acceptors (Lipinski definition) is 6. The summed E-state index contributed by atoms with van der Waals surface area (Å²) in [6.07, 6.45) is 7.50.